The fourth-order valence-corrected chi connectivity index (χ4v) is 6.16. The van der Waals surface area contributed by atoms with E-state index in [1.807, 2.05) is 24.8 Å². The number of amides is 2. The Morgan fingerprint density at radius 1 is 1.05 bits per heavy atom. The zero-order valence-electron chi connectivity index (χ0n) is 24.6. The van der Waals surface area contributed by atoms with Crippen molar-refractivity contribution >= 4 is 23.0 Å². The minimum atomic E-state index is -0.654. The lowest BCUT2D eigenvalue weighted by molar-refractivity contribution is -0.688. The van der Waals surface area contributed by atoms with Crippen LogP contribution in [0, 0.1) is 5.92 Å². The maximum Gasteiger partial charge on any atom is 0.407 e. The molecule has 2 aliphatic rings. The SMILES string of the molecule is COC(=O)N[C@H](C(=O)N1CCC[C@H]1c1nc2ccc(-c3ccc(-c4c[nH+]c([C@@H]5CCC[NH2+]5)[nH]4)cc3)cc2[nH]1)C(C)C.[Cl-].[Cl-]. The molecule has 2 aromatic carbocycles. The van der Waals surface area contributed by atoms with Crippen LogP contribution >= 0.6 is 0 Å². The van der Waals surface area contributed by atoms with Gasteiger partial charge in [-0.1, -0.05) is 32.0 Å². The molecule has 0 unspecified atom stereocenters. The molecule has 43 heavy (non-hydrogen) atoms. The van der Waals surface area contributed by atoms with Crippen molar-refractivity contribution in [1.82, 2.24) is 25.2 Å². The quantitative estimate of drug-likeness (QED) is 0.180. The van der Waals surface area contributed by atoms with Crippen LogP contribution in [-0.4, -0.2) is 58.1 Å². The number of aromatic amines is 3. The highest BCUT2D eigenvalue weighted by molar-refractivity contribution is 5.87. The molecule has 4 aromatic rings. The van der Waals surface area contributed by atoms with Crippen LogP contribution in [-0.2, 0) is 9.53 Å². The summed E-state index contributed by atoms with van der Waals surface area (Å²) >= 11 is 0. The lowest BCUT2D eigenvalue weighted by Crippen LogP contribution is -3.00. The summed E-state index contributed by atoms with van der Waals surface area (Å²) in [5.41, 5.74) is 6.26. The number of likely N-dealkylation sites (tertiary alicyclic amines) is 1. The Labute approximate surface area is 263 Å². The summed E-state index contributed by atoms with van der Waals surface area (Å²) in [7, 11) is 1.30. The average molecular weight is 629 g/mol. The normalized spacial score (nSPS) is 18.7. The number of benzene rings is 2. The van der Waals surface area contributed by atoms with Crippen LogP contribution in [0.3, 0.4) is 0 Å². The van der Waals surface area contributed by atoms with Gasteiger partial charge in [0.2, 0.25) is 5.91 Å². The predicted molar refractivity (Wildman–Crippen MR) is 154 cm³/mol. The molecule has 0 bridgehead atoms. The van der Waals surface area contributed by atoms with Gasteiger partial charge >= 0.3 is 11.9 Å². The average Bonchev–Trinajstić information content (AvgIpc) is 3.80. The Morgan fingerprint density at radius 3 is 2.49 bits per heavy atom. The Balaban J connectivity index is 0.00000212. The lowest BCUT2D eigenvalue weighted by Gasteiger charge is -2.29. The van der Waals surface area contributed by atoms with Crippen molar-refractivity contribution in [2.24, 2.45) is 5.92 Å². The summed E-state index contributed by atoms with van der Waals surface area (Å²) in [4.78, 5) is 42.5. The van der Waals surface area contributed by atoms with Gasteiger partial charge in [0.1, 0.15) is 18.1 Å². The van der Waals surface area contributed by atoms with Crippen LogP contribution in [0.4, 0.5) is 4.79 Å². The number of nitrogens with zero attached hydrogens (tertiary/aromatic N) is 2. The molecule has 230 valence electrons. The third-order valence-electron chi connectivity index (χ3n) is 8.45. The number of aromatic nitrogens is 4. The van der Waals surface area contributed by atoms with Gasteiger partial charge < -0.3 is 50.1 Å². The van der Waals surface area contributed by atoms with Crippen molar-refractivity contribution in [2.45, 2.75) is 57.7 Å². The number of alkyl carbamates (subject to hydrolysis) is 1. The van der Waals surface area contributed by atoms with Gasteiger partial charge in [0, 0.05) is 24.9 Å². The van der Waals surface area contributed by atoms with Crippen LogP contribution in [0.5, 0.6) is 0 Å². The van der Waals surface area contributed by atoms with E-state index in [1.165, 1.54) is 32.3 Å². The first kappa shape index (κ1) is 32.3. The Hall–Kier alpha value is -3.60. The number of nitrogens with two attached hydrogens (primary N) is 1. The summed E-state index contributed by atoms with van der Waals surface area (Å²) in [5, 5.41) is 5.10. The van der Waals surface area contributed by atoms with Crippen molar-refractivity contribution in [3.63, 3.8) is 0 Å². The summed E-state index contributed by atoms with van der Waals surface area (Å²) in [6, 6.07) is 14.5. The number of ether oxygens (including phenoxy) is 1. The number of quaternary nitrogens is 1. The molecular formula is C31H39Cl2N7O3. The first-order chi connectivity index (χ1) is 19.9. The number of methoxy groups -OCH3 is 1. The molecule has 2 aromatic heterocycles. The second-order valence-electron chi connectivity index (χ2n) is 11.5. The molecule has 6 rings (SSSR count). The first-order valence-corrected chi connectivity index (χ1v) is 14.6. The molecule has 0 spiro atoms. The second kappa shape index (κ2) is 13.8. The number of rotatable bonds is 7. The molecule has 10 nitrogen and oxygen atoms in total. The molecular weight excluding hydrogens is 589 g/mol. The largest absolute Gasteiger partial charge is 1.00 e. The number of H-pyrrole nitrogens is 3. The van der Waals surface area contributed by atoms with E-state index < -0.39 is 12.1 Å². The number of nitrogens with one attached hydrogen (secondary N) is 4. The monoisotopic (exact) mass is 627 g/mol. The van der Waals surface area contributed by atoms with Gasteiger partial charge in [0.05, 0.1) is 30.7 Å². The highest BCUT2D eigenvalue weighted by Crippen LogP contribution is 2.34. The summed E-state index contributed by atoms with van der Waals surface area (Å²) in [5.74, 6) is 1.78. The van der Waals surface area contributed by atoms with Crippen molar-refractivity contribution in [3.05, 3.63) is 60.3 Å². The zero-order valence-corrected chi connectivity index (χ0v) is 26.1. The van der Waals surface area contributed by atoms with Gasteiger partial charge in [0.25, 0.3) is 0 Å². The zero-order chi connectivity index (χ0) is 28.5. The van der Waals surface area contributed by atoms with E-state index >= 15 is 0 Å². The number of carbonyl (C=O) groups excluding carboxylic acids is 2. The molecule has 0 radical (unpaired) electrons. The van der Waals surface area contributed by atoms with Gasteiger partial charge in [-0.3, -0.25) is 4.79 Å². The highest BCUT2D eigenvalue weighted by Gasteiger charge is 2.37. The Morgan fingerprint density at radius 2 is 1.79 bits per heavy atom. The van der Waals surface area contributed by atoms with Crippen molar-refractivity contribution in [2.75, 3.05) is 20.2 Å². The standard InChI is InChI=1S/C31H37N7O3.2ClH/c1-18(2)27(37-31(40)41-3)30(39)38-15-5-7-26(38)29-34-22-13-12-21(16-24(22)35-29)19-8-10-20(11-9-19)25-17-33-28(36-25)23-6-4-14-32-23;;/h8-13,16-18,23,26-27,32H,4-7,14-15H2,1-3H3,(H,33,36)(H,34,35)(H,37,40);2*1H/t23-,26-,27-;;/m0../s1. The topological polar surface area (TPSA) is 134 Å². The summed E-state index contributed by atoms with van der Waals surface area (Å²) < 4.78 is 4.75. The van der Waals surface area contributed by atoms with E-state index in [0.717, 1.165) is 52.1 Å². The van der Waals surface area contributed by atoms with Crippen LogP contribution in [0.25, 0.3) is 33.4 Å². The number of hydrogen-bond acceptors (Lipinski definition) is 4. The molecule has 2 saturated heterocycles. The Kier molecular flexibility index (Phi) is 10.4. The third kappa shape index (κ3) is 6.66. The van der Waals surface area contributed by atoms with E-state index in [0.29, 0.717) is 12.6 Å². The molecule has 6 N–H and O–H groups in total. The molecule has 2 amide bonds. The van der Waals surface area contributed by atoms with Crippen LogP contribution in [0.1, 0.15) is 63.3 Å². The number of halogens is 2. The highest BCUT2D eigenvalue weighted by atomic mass is 35.5. The van der Waals surface area contributed by atoms with Gasteiger partial charge in [-0.05, 0) is 54.2 Å². The van der Waals surface area contributed by atoms with E-state index in [1.54, 1.807) is 0 Å². The fourth-order valence-electron chi connectivity index (χ4n) is 6.16. The van der Waals surface area contributed by atoms with Crippen LogP contribution in [0.15, 0.2) is 48.7 Å². The van der Waals surface area contributed by atoms with E-state index in [-0.39, 0.29) is 42.7 Å². The fraction of sp³-hybridized carbons (Fsp3) is 0.419. The molecule has 2 aliphatic heterocycles. The predicted octanol–water partition coefficient (Wildman–Crippen LogP) is -2.51. The van der Waals surface area contributed by atoms with Crippen molar-refractivity contribution < 1.29 is 49.4 Å². The number of imidazole rings is 2. The van der Waals surface area contributed by atoms with Gasteiger partial charge in [-0.15, -0.1) is 0 Å². The second-order valence-corrected chi connectivity index (χ2v) is 11.5. The number of hydrogen-bond donors (Lipinski definition) is 4. The maximum atomic E-state index is 13.5. The van der Waals surface area contributed by atoms with Crippen LogP contribution < -0.4 is 40.4 Å². The minimum absolute atomic E-state index is 0. The van der Waals surface area contributed by atoms with Gasteiger partial charge in [-0.25, -0.2) is 19.7 Å². The molecule has 0 saturated carbocycles. The van der Waals surface area contributed by atoms with E-state index in [9.17, 15) is 9.59 Å². The third-order valence-corrected chi connectivity index (χ3v) is 8.45. The maximum absolute atomic E-state index is 13.5. The van der Waals surface area contributed by atoms with E-state index in [2.05, 4.69) is 68.2 Å². The first-order valence-electron chi connectivity index (χ1n) is 14.6. The molecule has 2 fully saturated rings. The van der Waals surface area contributed by atoms with E-state index in [4.69, 9.17) is 9.72 Å². The molecule has 4 heterocycles. The minimum Gasteiger partial charge on any atom is -1.00 e. The number of carbonyl (C=O) groups is 2. The molecule has 12 heteroatoms. The number of fused-ring (bicyclic) bond motifs is 1. The van der Waals surface area contributed by atoms with Gasteiger partial charge in [-0.2, -0.15) is 0 Å². The van der Waals surface area contributed by atoms with Crippen molar-refractivity contribution in [3.8, 4) is 22.4 Å². The lowest BCUT2D eigenvalue weighted by atomic mass is 10.0. The summed E-state index contributed by atoms with van der Waals surface area (Å²) in [6.45, 7) is 5.65. The smallest absolute Gasteiger partial charge is 0.407 e. The molecule has 0 aliphatic carbocycles. The summed E-state index contributed by atoms with van der Waals surface area (Å²) in [6.07, 6.45) is 5.62. The van der Waals surface area contributed by atoms with Crippen molar-refractivity contribution in [1.29, 1.82) is 0 Å². The van der Waals surface area contributed by atoms with Crippen LogP contribution in [0.2, 0.25) is 0 Å². The Bertz CT molecular complexity index is 1550. The molecule has 3 atom stereocenters. The van der Waals surface area contributed by atoms with Gasteiger partial charge in [0.15, 0.2) is 11.7 Å².